The Labute approximate surface area is 164 Å². The van der Waals surface area contributed by atoms with E-state index in [2.05, 4.69) is 27.1 Å². The van der Waals surface area contributed by atoms with E-state index in [-0.39, 0.29) is 5.91 Å². The predicted molar refractivity (Wildman–Crippen MR) is 108 cm³/mol. The lowest BCUT2D eigenvalue weighted by atomic mass is 10.1. The Kier molecular flexibility index (Phi) is 6.64. The Balaban J connectivity index is 1.48. The summed E-state index contributed by atoms with van der Waals surface area (Å²) in [4.78, 5) is 18.3. The van der Waals surface area contributed by atoms with Gasteiger partial charge in [0.05, 0.1) is 6.26 Å². The second kappa shape index (κ2) is 8.97. The topological polar surface area (TPSA) is 69.7 Å². The minimum absolute atomic E-state index is 0.0617. The molecule has 146 valence electrons. The second-order valence-electron chi connectivity index (χ2n) is 6.76. The van der Waals surface area contributed by atoms with Crippen LogP contribution in [0.3, 0.4) is 0 Å². The Bertz CT molecular complexity index is 841. The number of carbonyl (C=O) groups is 1. The van der Waals surface area contributed by atoms with Gasteiger partial charge < -0.3 is 4.90 Å². The minimum atomic E-state index is -3.17. The van der Waals surface area contributed by atoms with Gasteiger partial charge in [0.1, 0.15) is 0 Å². The van der Waals surface area contributed by atoms with Crippen molar-refractivity contribution in [2.45, 2.75) is 13.0 Å². The molecule has 0 radical (unpaired) electrons. The molecule has 3 rings (SSSR count). The largest absolute Gasteiger partial charge is 0.336 e. The van der Waals surface area contributed by atoms with Crippen molar-refractivity contribution in [2.75, 3.05) is 39.0 Å². The van der Waals surface area contributed by atoms with Gasteiger partial charge in [-0.15, -0.1) is 11.3 Å². The number of carbonyl (C=O) groups excluding carboxylic acids is 1. The van der Waals surface area contributed by atoms with Crippen molar-refractivity contribution in [3.05, 3.63) is 57.8 Å². The fraction of sp³-hybridized carbons (Fsp3) is 0.421. The highest BCUT2D eigenvalue weighted by Crippen LogP contribution is 2.15. The van der Waals surface area contributed by atoms with Crippen LogP contribution in [0.25, 0.3) is 0 Å². The van der Waals surface area contributed by atoms with Gasteiger partial charge in [0.2, 0.25) is 10.0 Å². The normalized spacial score (nSPS) is 15.8. The SMILES string of the molecule is CS(=O)(=O)NCCc1ccc(C(=O)N2CCN(Cc3cccs3)CC2)cc1. The van der Waals surface area contributed by atoms with Crippen molar-refractivity contribution in [1.29, 1.82) is 0 Å². The van der Waals surface area contributed by atoms with Crippen LogP contribution in [0.4, 0.5) is 0 Å². The highest BCUT2D eigenvalue weighted by atomic mass is 32.2. The lowest BCUT2D eigenvalue weighted by molar-refractivity contribution is 0.0629. The van der Waals surface area contributed by atoms with E-state index in [1.165, 1.54) is 4.88 Å². The molecular formula is C19H25N3O3S2. The monoisotopic (exact) mass is 407 g/mol. The van der Waals surface area contributed by atoms with Crippen molar-refractivity contribution in [3.63, 3.8) is 0 Å². The van der Waals surface area contributed by atoms with Crippen molar-refractivity contribution in [2.24, 2.45) is 0 Å². The van der Waals surface area contributed by atoms with Crippen molar-refractivity contribution in [1.82, 2.24) is 14.5 Å². The molecule has 1 aromatic carbocycles. The molecule has 6 nitrogen and oxygen atoms in total. The fourth-order valence-electron chi connectivity index (χ4n) is 3.11. The van der Waals surface area contributed by atoms with Crippen LogP contribution in [0.1, 0.15) is 20.8 Å². The summed E-state index contributed by atoms with van der Waals surface area (Å²) in [6, 6.07) is 11.7. The molecule has 0 unspecified atom stereocenters. The van der Waals surface area contributed by atoms with Gasteiger partial charge in [0.25, 0.3) is 5.91 Å². The molecule has 8 heteroatoms. The quantitative estimate of drug-likeness (QED) is 0.760. The van der Waals surface area contributed by atoms with E-state index in [9.17, 15) is 13.2 Å². The summed E-state index contributed by atoms with van der Waals surface area (Å²) in [6.45, 7) is 4.57. The lowest BCUT2D eigenvalue weighted by Crippen LogP contribution is -2.48. The van der Waals surface area contributed by atoms with Gasteiger partial charge in [-0.2, -0.15) is 0 Å². The number of nitrogens with zero attached hydrogens (tertiary/aromatic N) is 2. The summed E-state index contributed by atoms with van der Waals surface area (Å²) in [5.41, 5.74) is 1.69. The molecule has 1 aliphatic rings. The first-order valence-corrected chi connectivity index (χ1v) is 11.8. The number of thiophene rings is 1. The maximum Gasteiger partial charge on any atom is 0.253 e. The Morgan fingerprint density at radius 1 is 1.11 bits per heavy atom. The van der Waals surface area contributed by atoms with Gasteiger partial charge in [0.15, 0.2) is 0 Å². The molecule has 1 saturated heterocycles. The summed E-state index contributed by atoms with van der Waals surface area (Å²) in [5.74, 6) is 0.0617. The van der Waals surface area contributed by atoms with Crippen LogP contribution in [0, 0.1) is 0 Å². The third-order valence-corrected chi connectivity index (χ3v) is 6.19. The summed E-state index contributed by atoms with van der Waals surface area (Å²) in [6.07, 6.45) is 1.75. The molecule has 1 amide bonds. The van der Waals surface area contributed by atoms with Gasteiger partial charge in [-0.05, 0) is 35.6 Å². The molecular weight excluding hydrogens is 382 g/mol. The maximum atomic E-state index is 12.7. The maximum absolute atomic E-state index is 12.7. The molecule has 0 spiro atoms. The summed E-state index contributed by atoms with van der Waals surface area (Å²) < 4.78 is 24.6. The number of nitrogens with one attached hydrogen (secondary N) is 1. The average Bonchev–Trinajstić information content (AvgIpc) is 3.14. The van der Waals surface area contributed by atoms with Crippen LogP contribution in [0.2, 0.25) is 0 Å². The van der Waals surface area contributed by atoms with E-state index in [1.807, 2.05) is 29.2 Å². The number of hydrogen-bond donors (Lipinski definition) is 1. The van der Waals surface area contributed by atoms with E-state index >= 15 is 0 Å². The van der Waals surface area contributed by atoms with E-state index in [1.54, 1.807) is 11.3 Å². The number of amides is 1. The minimum Gasteiger partial charge on any atom is -0.336 e. The fourth-order valence-corrected chi connectivity index (χ4v) is 4.33. The van der Waals surface area contributed by atoms with Gasteiger partial charge >= 0.3 is 0 Å². The standard InChI is InChI=1S/C19H25N3O3S2/c1-27(24,25)20-9-8-16-4-6-17(7-5-16)19(23)22-12-10-21(11-13-22)15-18-3-2-14-26-18/h2-7,14,20H,8-13,15H2,1H3. The van der Waals surface area contributed by atoms with Crippen LogP contribution in [0.15, 0.2) is 41.8 Å². The molecule has 0 bridgehead atoms. The molecule has 1 N–H and O–H groups in total. The summed E-state index contributed by atoms with van der Waals surface area (Å²) in [5, 5.41) is 2.09. The van der Waals surface area contributed by atoms with Gasteiger partial charge in [-0.25, -0.2) is 13.1 Å². The average molecular weight is 408 g/mol. The number of sulfonamides is 1. The number of hydrogen-bond acceptors (Lipinski definition) is 5. The Hall–Kier alpha value is -1.74. The smallest absolute Gasteiger partial charge is 0.253 e. The van der Waals surface area contributed by atoms with Crippen LogP contribution in [-0.2, 0) is 23.0 Å². The zero-order valence-electron chi connectivity index (χ0n) is 15.4. The molecule has 0 saturated carbocycles. The van der Waals surface area contributed by atoms with E-state index in [4.69, 9.17) is 0 Å². The second-order valence-corrected chi connectivity index (χ2v) is 9.63. The first kappa shape index (κ1) is 20.0. The molecule has 27 heavy (non-hydrogen) atoms. The zero-order chi connectivity index (χ0) is 19.3. The summed E-state index contributed by atoms with van der Waals surface area (Å²) >= 11 is 1.77. The first-order chi connectivity index (χ1) is 12.9. The molecule has 0 atom stereocenters. The van der Waals surface area contributed by atoms with Crippen LogP contribution in [-0.4, -0.2) is 63.1 Å². The van der Waals surface area contributed by atoms with E-state index in [0.717, 1.165) is 44.5 Å². The molecule has 2 heterocycles. The number of rotatable bonds is 7. The Morgan fingerprint density at radius 3 is 2.41 bits per heavy atom. The predicted octanol–water partition coefficient (Wildman–Crippen LogP) is 1.80. The molecule has 1 aromatic heterocycles. The van der Waals surface area contributed by atoms with Crippen LogP contribution in [0.5, 0.6) is 0 Å². The molecule has 1 aliphatic heterocycles. The molecule has 2 aromatic rings. The van der Waals surface area contributed by atoms with Crippen molar-refractivity contribution < 1.29 is 13.2 Å². The highest BCUT2D eigenvalue weighted by molar-refractivity contribution is 7.88. The third kappa shape index (κ3) is 6.14. The molecule has 0 aliphatic carbocycles. The van der Waals surface area contributed by atoms with Gasteiger partial charge in [-0.3, -0.25) is 9.69 Å². The van der Waals surface area contributed by atoms with Crippen LogP contribution < -0.4 is 4.72 Å². The van der Waals surface area contributed by atoms with Gasteiger partial charge in [-0.1, -0.05) is 18.2 Å². The highest BCUT2D eigenvalue weighted by Gasteiger charge is 2.22. The zero-order valence-corrected chi connectivity index (χ0v) is 17.1. The lowest BCUT2D eigenvalue weighted by Gasteiger charge is -2.34. The first-order valence-electron chi connectivity index (χ1n) is 8.98. The van der Waals surface area contributed by atoms with E-state index < -0.39 is 10.0 Å². The number of piperazine rings is 1. The van der Waals surface area contributed by atoms with Crippen molar-refractivity contribution in [3.8, 4) is 0 Å². The van der Waals surface area contributed by atoms with E-state index in [0.29, 0.717) is 18.5 Å². The van der Waals surface area contributed by atoms with Crippen molar-refractivity contribution >= 4 is 27.3 Å². The van der Waals surface area contributed by atoms with Crippen LogP contribution >= 0.6 is 11.3 Å². The molecule has 1 fully saturated rings. The number of benzene rings is 1. The third-order valence-electron chi connectivity index (χ3n) is 4.60. The summed E-state index contributed by atoms with van der Waals surface area (Å²) in [7, 11) is -3.17. The Morgan fingerprint density at radius 2 is 1.81 bits per heavy atom. The van der Waals surface area contributed by atoms with Gasteiger partial charge in [0, 0.05) is 49.7 Å².